The summed E-state index contributed by atoms with van der Waals surface area (Å²) in [6.07, 6.45) is -5.94. The predicted octanol–water partition coefficient (Wildman–Crippen LogP) is 1.69. The zero-order chi connectivity index (χ0) is 19.5. The molecule has 1 atom stereocenters. The number of nitrogens with two attached hydrogens (primary N) is 1. The zero-order valence-electron chi connectivity index (χ0n) is 14.5. The summed E-state index contributed by atoms with van der Waals surface area (Å²) in [6, 6.07) is 0. The van der Waals surface area contributed by atoms with Crippen molar-refractivity contribution < 1.29 is 27.9 Å². The van der Waals surface area contributed by atoms with E-state index in [1.54, 1.807) is 13.8 Å². The number of allylic oxidation sites excluding steroid dienone is 2. The Kier molecular flexibility index (Phi) is 6.42. The summed E-state index contributed by atoms with van der Waals surface area (Å²) in [7, 11) is 0. The SMILES string of the molecule is CC(C)=C(N)C(=O)N1CCC=C1C(=O)NC(=C(C)C)C(O)C(F)(F)F. The molecule has 1 unspecified atom stereocenters. The van der Waals surface area contributed by atoms with Crippen LogP contribution in [0.5, 0.6) is 0 Å². The topological polar surface area (TPSA) is 95.7 Å². The fourth-order valence-corrected chi connectivity index (χ4v) is 2.16. The first-order chi connectivity index (χ1) is 11.4. The summed E-state index contributed by atoms with van der Waals surface area (Å²) in [4.78, 5) is 25.8. The van der Waals surface area contributed by atoms with Crippen molar-refractivity contribution in [2.75, 3.05) is 6.54 Å². The van der Waals surface area contributed by atoms with E-state index in [4.69, 9.17) is 5.73 Å². The Labute approximate surface area is 143 Å². The number of nitrogens with one attached hydrogen (secondary N) is 1. The molecular weight excluding hydrogens is 339 g/mol. The van der Waals surface area contributed by atoms with Gasteiger partial charge < -0.3 is 21.1 Å². The average molecular weight is 361 g/mol. The molecule has 0 spiro atoms. The molecule has 0 aromatic rings. The van der Waals surface area contributed by atoms with Gasteiger partial charge in [-0.2, -0.15) is 13.2 Å². The molecule has 0 radical (unpaired) electrons. The summed E-state index contributed by atoms with van der Waals surface area (Å²) in [5.41, 5.74) is 5.56. The maximum Gasteiger partial charge on any atom is 0.420 e. The Bertz CT molecular complexity index is 655. The van der Waals surface area contributed by atoms with Gasteiger partial charge in [0.05, 0.1) is 11.4 Å². The van der Waals surface area contributed by atoms with Gasteiger partial charge in [-0.25, -0.2) is 0 Å². The molecule has 1 aliphatic rings. The lowest BCUT2D eigenvalue weighted by Gasteiger charge is -2.24. The smallest absolute Gasteiger partial charge is 0.394 e. The fourth-order valence-electron chi connectivity index (χ4n) is 2.16. The first kappa shape index (κ1) is 20.8. The van der Waals surface area contributed by atoms with Crippen molar-refractivity contribution in [1.29, 1.82) is 0 Å². The molecular formula is C16H22F3N3O3. The minimum absolute atomic E-state index is 0.0293. The Balaban J connectivity index is 3.05. The Hall–Kier alpha value is -2.29. The number of rotatable bonds is 4. The number of hydrogen-bond acceptors (Lipinski definition) is 4. The zero-order valence-corrected chi connectivity index (χ0v) is 14.5. The number of nitrogens with zero attached hydrogens (tertiary/aromatic N) is 1. The predicted molar refractivity (Wildman–Crippen MR) is 85.6 cm³/mol. The number of hydrogen-bond donors (Lipinski definition) is 3. The van der Waals surface area contributed by atoms with E-state index in [1.165, 1.54) is 19.9 Å². The molecule has 0 bridgehead atoms. The molecule has 1 rings (SSSR count). The fraction of sp³-hybridized carbons (Fsp3) is 0.500. The quantitative estimate of drug-likeness (QED) is 0.664. The lowest BCUT2D eigenvalue weighted by atomic mass is 10.1. The average Bonchev–Trinajstić information content (AvgIpc) is 2.98. The second-order valence-corrected chi connectivity index (χ2v) is 6.06. The monoisotopic (exact) mass is 361 g/mol. The molecule has 0 saturated carbocycles. The maximum absolute atomic E-state index is 12.7. The molecule has 1 heterocycles. The first-order valence-electron chi connectivity index (χ1n) is 7.56. The van der Waals surface area contributed by atoms with Gasteiger partial charge in [-0.05, 0) is 39.7 Å². The van der Waals surface area contributed by atoms with Crippen LogP contribution in [-0.2, 0) is 9.59 Å². The molecule has 2 amide bonds. The van der Waals surface area contributed by atoms with Crippen LogP contribution in [0, 0.1) is 0 Å². The maximum atomic E-state index is 12.7. The molecule has 9 heteroatoms. The summed E-state index contributed by atoms with van der Waals surface area (Å²) >= 11 is 0. The third-order valence-electron chi connectivity index (χ3n) is 3.60. The van der Waals surface area contributed by atoms with Crippen LogP contribution in [0.2, 0.25) is 0 Å². The van der Waals surface area contributed by atoms with Crippen molar-refractivity contribution in [2.24, 2.45) is 5.73 Å². The molecule has 0 aromatic heterocycles. The number of amides is 2. The van der Waals surface area contributed by atoms with E-state index in [0.29, 0.717) is 12.0 Å². The molecule has 0 fully saturated rings. The van der Waals surface area contributed by atoms with Gasteiger partial charge in [0.2, 0.25) is 0 Å². The highest BCUT2D eigenvalue weighted by atomic mass is 19.4. The number of carbonyl (C=O) groups excluding carboxylic acids is 2. The van der Waals surface area contributed by atoms with Crippen molar-refractivity contribution in [3.05, 3.63) is 34.3 Å². The van der Waals surface area contributed by atoms with Crippen LogP contribution in [0.15, 0.2) is 34.3 Å². The van der Waals surface area contributed by atoms with Gasteiger partial charge in [0.25, 0.3) is 11.8 Å². The van der Waals surface area contributed by atoms with Crippen molar-refractivity contribution in [1.82, 2.24) is 10.2 Å². The number of halogens is 3. The highest BCUT2D eigenvalue weighted by Crippen LogP contribution is 2.26. The van der Waals surface area contributed by atoms with Gasteiger partial charge >= 0.3 is 6.18 Å². The van der Waals surface area contributed by atoms with Gasteiger partial charge in [-0.1, -0.05) is 11.6 Å². The molecule has 0 saturated heterocycles. The van der Waals surface area contributed by atoms with E-state index in [2.05, 4.69) is 5.32 Å². The summed E-state index contributed by atoms with van der Waals surface area (Å²) in [5, 5.41) is 11.5. The van der Waals surface area contributed by atoms with E-state index >= 15 is 0 Å². The van der Waals surface area contributed by atoms with Gasteiger partial charge in [-0.3, -0.25) is 9.59 Å². The third kappa shape index (κ3) is 4.85. The van der Waals surface area contributed by atoms with Gasteiger partial charge in [0.1, 0.15) is 5.70 Å². The van der Waals surface area contributed by atoms with Gasteiger partial charge in [-0.15, -0.1) is 0 Å². The van der Waals surface area contributed by atoms with E-state index in [0.717, 1.165) is 4.90 Å². The summed E-state index contributed by atoms with van der Waals surface area (Å²) in [6.45, 7) is 6.12. The Morgan fingerprint density at radius 2 is 1.80 bits per heavy atom. The molecule has 0 aromatic carbocycles. The normalized spacial score (nSPS) is 15.4. The van der Waals surface area contributed by atoms with Crippen molar-refractivity contribution in [2.45, 2.75) is 46.4 Å². The highest BCUT2D eigenvalue weighted by Gasteiger charge is 2.42. The van der Waals surface area contributed by atoms with Crippen LogP contribution in [0.25, 0.3) is 0 Å². The van der Waals surface area contributed by atoms with Crippen LogP contribution < -0.4 is 11.1 Å². The van der Waals surface area contributed by atoms with E-state index < -0.39 is 29.8 Å². The minimum Gasteiger partial charge on any atom is -0.394 e. The lowest BCUT2D eigenvalue weighted by Crippen LogP contribution is -2.43. The van der Waals surface area contributed by atoms with E-state index in [1.807, 2.05) is 0 Å². The largest absolute Gasteiger partial charge is 0.420 e. The lowest BCUT2D eigenvalue weighted by molar-refractivity contribution is -0.193. The summed E-state index contributed by atoms with van der Waals surface area (Å²) < 4.78 is 38.2. The standard InChI is InChI=1S/C16H22F3N3O3/c1-8(2)11(20)15(25)22-7-5-6-10(22)14(24)21-12(9(3)4)13(23)16(17,18)19/h6,13,23H,5,7,20H2,1-4H3,(H,21,24). The molecule has 6 nitrogen and oxygen atoms in total. The van der Waals surface area contributed by atoms with E-state index in [9.17, 15) is 27.9 Å². The number of aliphatic hydroxyl groups excluding tert-OH is 1. The molecule has 0 aliphatic carbocycles. The van der Waals surface area contributed by atoms with Gasteiger partial charge in [0.15, 0.2) is 6.10 Å². The second kappa shape index (κ2) is 7.73. The third-order valence-corrected chi connectivity index (χ3v) is 3.60. The summed E-state index contributed by atoms with van der Waals surface area (Å²) in [5.74, 6) is -1.50. The van der Waals surface area contributed by atoms with Gasteiger partial charge in [0, 0.05) is 6.54 Å². The van der Waals surface area contributed by atoms with E-state index in [-0.39, 0.29) is 23.5 Å². The first-order valence-corrected chi connectivity index (χ1v) is 7.56. The number of aliphatic hydroxyl groups is 1. The molecule has 4 N–H and O–H groups in total. The van der Waals surface area contributed by atoms with Crippen molar-refractivity contribution in [3.8, 4) is 0 Å². The van der Waals surface area contributed by atoms with Crippen LogP contribution in [-0.4, -0.2) is 40.6 Å². The van der Waals surface area contributed by atoms with Crippen LogP contribution in [0.1, 0.15) is 34.1 Å². The van der Waals surface area contributed by atoms with Crippen molar-refractivity contribution >= 4 is 11.8 Å². The molecule has 1 aliphatic heterocycles. The number of alkyl halides is 3. The minimum atomic E-state index is -4.92. The molecule has 140 valence electrons. The second-order valence-electron chi connectivity index (χ2n) is 6.06. The molecule has 25 heavy (non-hydrogen) atoms. The number of carbonyl (C=O) groups is 2. The Morgan fingerprint density at radius 1 is 1.24 bits per heavy atom. The Morgan fingerprint density at radius 3 is 2.24 bits per heavy atom. The van der Waals surface area contributed by atoms with Crippen molar-refractivity contribution in [3.63, 3.8) is 0 Å². The van der Waals surface area contributed by atoms with Crippen LogP contribution >= 0.6 is 0 Å². The van der Waals surface area contributed by atoms with Crippen LogP contribution in [0.4, 0.5) is 13.2 Å². The van der Waals surface area contributed by atoms with Crippen LogP contribution in [0.3, 0.4) is 0 Å². The highest BCUT2D eigenvalue weighted by molar-refractivity contribution is 6.03.